The molecule has 1 N–H and O–H groups in total. The average Bonchev–Trinajstić information content (AvgIpc) is 3.03. The van der Waals surface area contributed by atoms with Crippen LogP contribution in [0.5, 0.6) is 0 Å². The Morgan fingerprint density at radius 3 is 2.83 bits per heavy atom. The Kier molecular flexibility index (Phi) is 4.16. The van der Waals surface area contributed by atoms with Crippen LogP contribution in [0.25, 0.3) is 0 Å². The molecule has 1 saturated carbocycles. The summed E-state index contributed by atoms with van der Waals surface area (Å²) in [6, 6.07) is 2.03. The zero-order valence-corrected chi connectivity index (χ0v) is 14.5. The Morgan fingerprint density at radius 2 is 2.17 bits per heavy atom. The van der Waals surface area contributed by atoms with Gasteiger partial charge in [-0.2, -0.15) is 0 Å². The summed E-state index contributed by atoms with van der Waals surface area (Å²) in [5.41, 5.74) is 2.15. The van der Waals surface area contributed by atoms with Gasteiger partial charge in [-0.25, -0.2) is 0 Å². The van der Waals surface area contributed by atoms with Crippen molar-refractivity contribution in [2.75, 3.05) is 0 Å². The van der Waals surface area contributed by atoms with Gasteiger partial charge in [0.25, 0.3) is 0 Å². The number of carboxylic acid groups (broad SMARTS) is 1. The predicted molar refractivity (Wildman–Crippen MR) is 90.1 cm³/mol. The molecule has 3 heteroatoms. The van der Waals surface area contributed by atoms with Crippen molar-refractivity contribution in [1.82, 2.24) is 0 Å². The lowest BCUT2D eigenvalue weighted by molar-refractivity contribution is -0.152. The topological polar surface area (TPSA) is 50.4 Å². The molecule has 1 fully saturated rings. The van der Waals surface area contributed by atoms with Crippen molar-refractivity contribution < 1.29 is 14.3 Å². The SMILES string of the molecule is CC1CCC2C(=CCCC2(C)C(=O)O)C1(C)CCc1ccoc1. The molecule has 0 radical (unpaired) electrons. The molecule has 1 aromatic heterocycles. The summed E-state index contributed by atoms with van der Waals surface area (Å²) in [6.07, 6.45) is 11.8. The van der Waals surface area contributed by atoms with E-state index in [2.05, 4.69) is 19.9 Å². The third kappa shape index (κ3) is 2.64. The van der Waals surface area contributed by atoms with Gasteiger partial charge < -0.3 is 9.52 Å². The maximum Gasteiger partial charge on any atom is 0.309 e. The van der Waals surface area contributed by atoms with E-state index in [0.717, 1.165) is 38.5 Å². The van der Waals surface area contributed by atoms with Gasteiger partial charge in [-0.05, 0) is 74.3 Å². The first-order chi connectivity index (χ1) is 10.9. The molecule has 4 unspecified atom stereocenters. The smallest absolute Gasteiger partial charge is 0.309 e. The van der Waals surface area contributed by atoms with Crippen molar-refractivity contribution in [3.8, 4) is 0 Å². The predicted octanol–water partition coefficient (Wildman–Crippen LogP) is 5.08. The van der Waals surface area contributed by atoms with E-state index in [0.29, 0.717) is 5.92 Å². The van der Waals surface area contributed by atoms with Gasteiger partial charge in [-0.3, -0.25) is 4.79 Å². The van der Waals surface area contributed by atoms with Crippen molar-refractivity contribution >= 4 is 5.97 Å². The summed E-state index contributed by atoms with van der Waals surface area (Å²) >= 11 is 0. The van der Waals surface area contributed by atoms with Crippen molar-refractivity contribution in [2.45, 2.75) is 59.3 Å². The lowest BCUT2D eigenvalue weighted by Crippen LogP contribution is -2.47. The van der Waals surface area contributed by atoms with Gasteiger partial charge in [0.1, 0.15) is 0 Å². The summed E-state index contributed by atoms with van der Waals surface area (Å²) in [6.45, 7) is 6.64. The summed E-state index contributed by atoms with van der Waals surface area (Å²) in [7, 11) is 0. The minimum absolute atomic E-state index is 0.0946. The quantitative estimate of drug-likeness (QED) is 0.788. The molecule has 1 aromatic rings. The Bertz CT molecular complexity index is 600. The van der Waals surface area contributed by atoms with Gasteiger partial charge in [0, 0.05) is 0 Å². The molecule has 0 spiro atoms. The minimum Gasteiger partial charge on any atom is -0.481 e. The highest BCUT2D eigenvalue weighted by molar-refractivity contribution is 5.75. The largest absolute Gasteiger partial charge is 0.481 e. The fourth-order valence-electron chi connectivity index (χ4n) is 4.80. The highest BCUT2D eigenvalue weighted by Gasteiger charge is 2.52. The van der Waals surface area contributed by atoms with Gasteiger partial charge in [0.15, 0.2) is 0 Å². The van der Waals surface area contributed by atoms with Gasteiger partial charge in [-0.1, -0.05) is 25.5 Å². The lowest BCUT2D eigenvalue weighted by Gasteiger charge is -2.52. The number of aryl methyl sites for hydroxylation is 1. The summed E-state index contributed by atoms with van der Waals surface area (Å²) in [5, 5.41) is 9.81. The van der Waals surface area contributed by atoms with E-state index in [-0.39, 0.29) is 11.3 Å². The molecule has 126 valence electrons. The van der Waals surface area contributed by atoms with Crippen LogP contribution in [-0.4, -0.2) is 11.1 Å². The molecule has 0 bridgehead atoms. The van der Waals surface area contributed by atoms with Crippen LogP contribution >= 0.6 is 0 Å². The van der Waals surface area contributed by atoms with E-state index in [1.165, 1.54) is 11.1 Å². The van der Waals surface area contributed by atoms with Crippen LogP contribution in [0.4, 0.5) is 0 Å². The highest BCUT2D eigenvalue weighted by atomic mass is 16.4. The second-order valence-corrected chi connectivity index (χ2v) is 8.00. The third-order valence-corrected chi connectivity index (χ3v) is 6.81. The second kappa shape index (κ2) is 5.85. The number of carbonyl (C=O) groups is 1. The molecular formula is C20H28O3. The number of carboxylic acids is 1. The zero-order valence-electron chi connectivity index (χ0n) is 14.5. The van der Waals surface area contributed by atoms with Gasteiger partial charge in [0.2, 0.25) is 0 Å². The van der Waals surface area contributed by atoms with Gasteiger partial charge in [0.05, 0.1) is 17.9 Å². The van der Waals surface area contributed by atoms with Crippen molar-refractivity contribution in [1.29, 1.82) is 0 Å². The molecule has 23 heavy (non-hydrogen) atoms. The molecular weight excluding hydrogens is 288 g/mol. The molecule has 3 rings (SSSR count). The summed E-state index contributed by atoms with van der Waals surface area (Å²) in [5.74, 6) is 0.159. The van der Waals surface area contributed by atoms with Crippen LogP contribution in [0.3, 0.4) is 0 Å². The van der Waals surface area contributed by atoms with E-state index in [1.54, 1.807) is 6.26 Å². The van der Waals surface area contributed by atoms with E-state index < -0.39 is 11.4 Å². The van der Waals surface area contributed by atoms with Crippen LogP contribution in [0, 0.1) is 22.7 Å². The molecule has 2 aliphatic rings. The summed E-state index contributed by atoms with van der Waals surface area (Å²) < 4.78 is 5.19. The maximum absolute atomic E-state index is 11.9. The zero-order chi connectivity index (χ0) is 16.7. The number of hydrogen-bond donors (Lipinski definition) is 1. The molecule has 0 aliphatic heterocycles. The molecule has 0 aromatic carbocycles. The number of aliphatic carboxylic acids is 1. The van der Waals surface area contributed by atoms with E-state index in [4.69, 9.17) is 4.42 Å². The molecule has 2 aliphatic carbocycles. The normalized spacial score (nSPS) is 37.1. The fraction of sp³-hybridized carbons (Fsp3) is 0.650. The molecule has 0 saturated heterocycles. The van der Waals surface area contributed by atoms with Crippen LogP contribution in [0.1, 0.15) is 58.4 Å². The Hall–Kier alpha value is -1.51. The van der Waals surface area contributed by atoms with Crippen LogP contribution < -0.4 is 0 Å². The van der Waals surface area contributed by atoms with E-state index in [9.17, 15) is 9.90 Å². The maximum atomic E-state index is 11.9. The number of furan rings is 1. The molecule has 3 nitrogen and oxygen atoms in total. The first kappa shape index (κ1) is 16.4. The highest BCUT2D eigenvalue weighted by Crippen LogP contribution is 2.58. The number of hydrogen-bond acceptors (Lipinski definition) is 2. The van der Waals surface area contributed by atoms with Crippen LogP contribution in [0.15, 0.2) is 34.7 Å². The molecule has 4 atom stereocenters. The van der Waals surface area contributed by atoms with E-state index in [1.807, 2.05) is 19.3 Å². The monoisotopic (exact) mass is 316 g/mol. The second-order valence-electron chi connectivity index (χ2n) is 8.00. The third-order valence-electron chi connectivity index (χ3n) is 6.81. The number of allylic oxidation sites excluding steroid dienone is 2. The average molecular weight is 316 g/mol. The Morgan fingerprint density at radius 1 is 1.39 bits per heavy atom. The lowest BCUT2D eigenvalue weighted by atomic mass is 9.51. The van der Waals surface area contributed by atoms with Crippen molar-refractivity contribution in [3.63, 3.8) is 0 Å². The van der Waals surface area contributed by atoms with Gasteiger partial charge in [-0.15, -0.1) is 0 Å². The Balaban J connectivity index is 1.89. The Labute approximate surface area is 138 Å². The van der Waals surface area contributed by atoms with Crippen LogP contribution in [0.2, 0.25) is 0 Å². The fourth-order valence-corrected chi connectivity index (χ4v) is 4.80. The number of rotatable bonds is 4. The van der Waals surface area contributed by atoms with Crippen LogP contribution in [-0.2, 0) is 11.2 Å². The van der Waals surface area contributed by atoms with Gasteiger partial charge >= 0.3 is 5.97 Å². The minimum atomic E-state index is -0.625. The number of fused-ring (bicyclic) bond motifs is 1. The first-order valence-corrected chi connectivity index (χ1v) is 8.83. The molecule has 1 heterocycles. The standard InChI is InChI=1S/C20H28O3/c1-14-6-7-17-16(5-4-10-20(17,3)18(21)22)19(14,2)11-8-15-9-12-23-13-15/h5,9,12-14,17H,4,6-8,10-11H2,1-3H3,(H,21,22). The van der Waals surface area contributed by atoms with Crippen molar-refractivity contribution in [2.24, 2.45) is 22.7 Å². The van der Waals surface area contributed by atoms with E-state index >= 15 is 0 Å². The molecule has 0 amide bonds. The first-order valence-electron chi connectivity index (χ1n) is 8.83. The summed E-state index contributed by atoms with van der Waals surface area (Å²) in [4.78, 5) is 11.9. The van der Waals surface area contributed by atoms with Crippen molar-refractivity contribution in [3.05, 3.63) is 35.8 Å².